The fourth-order valence-electron chi connectivity index (χ4n) is 2.93. The molecule has 1 aromatic rings. The molecule has 18 heavy (non-hydrogen) atoms. The summed E-state index contributed by atoms with van der Waals surface area (Å²) >= 11 is 0. The molecule has 0 radical (unpaired) electrons. The van der Waals surface area contributed by atoms with Gasteiger partial charge in [0.2, 0.25) is 0 Å². The van der Waals surface area contributed by atoms with Crippen molar-refractivity contribution in [3.8, 4) is 0 Å². The molecule has 1 saturated heterocycles. The number of aryl methyl sites for hydroxylation is 1. The number of nitrogens with zero attached hydrogens (tertiary/aromatic N) is 1. The van der Waals surface area contributed by atoms with Gasteiger partial charge in [-0.3, -0.25) is 0 Å². The molecule has 2 rings (SSSR count). The van der Waals surface area contributed by atoms with E-state index in [0.29, 0.717) is 17.5 Å². The SMILES string of the molecule is Cc1cc(N2CC(C)CC2C)c(C(C)N)cc1F. The van der Waals surface area contributed by atoms with Crippen LogP contribution in [0.2, 0.25) is 0 Å². The van der Waals surface area contributed by atoms with Gasteiger partial charge in [-0.15, -0.1) is 0 Å². The first-order chi connectivity index (χ1) is 8.40. The average molecular weight is 250 g/mol. The van der Waals surface area contributed by atoms with E-state index in [9.17, 15) is 4.39 Å². The average Bonchev–Trinajstić information content (AvgIpc) is 2.61. The van der Waals surface area contributed by atoms with E-state index in [1.54, 1.807) is 6.07 Å². The molecule has 3 heteroatoms. The van der Waals surface area contributed by atoms with E-state index < -0.39 is 0 Å². The minimum atomic E-state index is -0.161. The summed E-state index contributed by atoms with van der Waals surface area (Å²) in [6.45, 7) is 9.25. The first-order valence-electron chi connectivity index (χ1n) is 6.72. The van der Waals surface area contributed by atoms with Gasteiger partial charge < -0.3 is 10.6 Å². The van der Waals surface area contributed by atoms with Gasteiger partial charge in [-0.05, 0) is 56.4 Å². The highest BCUT2D eigenvalue weighted by atomic mass is 19.1. The van der Waals surface area contributed by atoms with Crippen LogP contribution in [0.25, 0.3) is 0 Å². The third-order valence-corrected chi connectivity index (χ3v) is 3.89. The van der Waals surface area contributed by atoms with E-state index >= 15 is 0 Å². The maximum absolute atomic E-state index is 13.7. The van der Waals surface area contributed by atoms with Crippen molar-refractivity contribution in [2.24, 2.45) is 11.7 Å². The Morgan fingerprint density at radius 2 is 2.06 bits per heavy atom. The summed E-state index contributed by atoms with van der Waals surface area (Å²) in [5.41, 5.74) is 8.71. The van der Waals surface area contributed by atoms with Crippen molar-refractivity contribution in [2.45, 2.75) is 46.2 Å². The summed E-state index contributed by atoms with van der Waals surface area (Å²) in [6, 6.07) is 3.91. The smallest absolute Gasteiger partial charge is 0.126 e. The zero-order valence-electron chi connectivity index (χ0n) is 11.7. The molecule has 3 unspecified atom stereocenters. The van der Waals surface area contributed by atoms with Gasteiger partial charge in [0.05, 0.1) is 0 Å². The molecule has 0 amide bonds. The van der Waals surface area contributed by atoms with Crippen LogP contribution in [-0.4, -0.2) is 12.6 Å². The fourth-order valence-corrected chi connectivity index (χ4v) is 2.93. The molecule has 0 aromatic heterocycles. The van der Waals surface area contributed by atoms with Crippen molar-refractivity contribution in [2.75, 3.05) is 11.4 Å². The number of hydrogen-bond acceptors (Lipinski definition) is 2. The molecule has 1 heterocycles. The predicted molar refractivity (Wildman–Crippen MR) is 74.3 cm³/mol. The van der Waals surface area contributed by atoms with E-state index in [0.717, 1.165) is 17.8 Å². The molecule has 1 aliphatic rings. The first-order valence-corrected chi connectivity index (χ1v) is 6.72. The summed E-state index contributed by atoms with van der Waals surface area (Å²) in [4.78, 5) is 2.37. The summed E-state index contributed by atoms with van der Waals surface area (Å²) in [6.07, 6.45) is 1.19. The molecule has 0 bridgehead atoms. The highest BCUT2D eigenvalue weighted by molar-refractivity contribution is 5.58. The largest absolute Gasteiger partial charge is 0.368 e. The maximum Gasteiger partial charge on any atom is 0.126 e. The summed E-state index contributed by atoms with van der Waals surface area (Å²) < 4.78 is 13.7. The standard InChI is InChI=1S/C15H23FN2/c1-9-5-11(3)18(8-9)15-6-10(2)14(16)7-13(15)12(4)17/h6-7,9,11-12H,5,8,17H2,1-4H3. The quantitative estimate of drug-likeness (QED) is 0.871. The number of halogens is 1. The summed E-state index contributed by atoms with van der Waals surface area (Å²) in [7, 11) is 0. The highest BCUT2D eigenvalue weighted by Gasteiger charge is 2.28. The predicted octanol–water partition coefficient (Wildman–Crippen LogP) is 3.39. The van der Waals surface area contributed by atoms with Crippen LogP contribution in [0.4, 0.5) is 10.1 Å². The topological polar surface area (TPSA) is 29.3 Å². The molecule has 0 saturated carbocycles. The van der Waals surface area contributed by atoms with Gasteiger partial charge in [0.25, 0.3) is 0 Å². The van der Waals surface area contributed by atoms with Crippen LogP contribution in [0.3, 0.4) is 0 Å². The zero-order chi connectivity index (χ0) is 13.4. The third-order valence-electron chi connectivity index (χ3n) is 3.89. The molecule has 2 nitrogen and oxygen atoms in total. The lowest BCUT2D eigenvalue weighted by Gasteiger charge is -2.28. The van der Waals surface area contributed by atoms with Crippen molar-refractivity contribution in [3.63, 3.8) is 0 Å². The van der Waals surface area contributed by atoms with Crippen LogP contribution in [0.1, 0.15) is 44.4 Å². The van der Waals surface area contributed by atoms with Gasteiger partial charge >= 0.3 is 0 Å². The third kappa shape index (κ3) is 2.37. The van der Waals surface area contributed by atoms with Crippen molar-refractivity contribution in [3.05, 3.63) is 29.1 Å². The Kier molecular flexibility index (Phi) is 3.62. The Labute approximate surface area is 109 Å². The first kappa shape index (κ1) is 13.3. The number of rotatable bonds is 2. The van der Waals surface area contributed by atoms with Crippen LogP contribution in [0.5, 0.6) is 0 Å². The zero-order valence-corrected chi connectivity index (χ0v) is 11.7. The summed E-state index contributed by atoms with van der Waals surface area (Å²) in [5, 5.41) is 0. The van der Waals surface area contributed by atoms with Gasteiger partial charge in [0.15, 0.2) is 0 Å². The molecule has 1 aromatic carbocycles. The van der Waals surface area contributed by atoms with E-state index in [-0.39, 0.29) is 11.9 Å². The molecule has 2 N–H and O–H groups in total. The summed E-state index contributed by atoms with van der Waals surface area (Å²) in [5.74, 6) is 0.525. The molecule has 1 aliphatic heterocycles. The second kappa shape index (κ2) is 4.88. The highest BCUT2D eigenvalue weighted by Crippen LogP contribution is 2.34. The van der Waals surface area contributed by atoms with Crippen LogP contribution in [0, 0.1) is 18.7 Å². The minimum Gasteiger partial charge on any atom is -0.368 e. The number of benzene rings is 1. The Bertz CT molecular complexity index is 442. The van der Waals surface area contributed by atoms with Gasteiger partial charge in [0, 0.05) is 24.3 Å². The second-order valence-corrected chi connectivity index (χ2v) is 5.79. The minimum absolute atomic E-state index is 0.141. The van der Waals surface area contributed by atoms with Gasteiger partial charge in [0.1, 0.15) is 5.82 Å². The Morgan fingerprint density at radius 3 is 2.56 bits per heavy atom. The second-order valence-electron chi connectivity index (χ2n) is 5.79. The van der Waals surface area contributed by atoms with E-state index in [2.05, 4.69) is 18.7 Å². The van der Waals surface area contributed by atoms with Gasteiger partial charge in [-0.1, -0.05) is 6.92 Å². The van der Waals surface area contributed by atoms with Gasteiger partial charge in [-0.25, -0.2) is 4.39 Å². The molecule has 100 valence electrons. The van der Waals surface area contributed by atoms with Crippen molar-refractivity contribution in [1.29, 1.82) is 0 Å². The van der Waals surface area contributed by atoms with Crippen LogP contribution < -0.4 is 10.6 Å². The maximum atomic E-state index is 13.7. The van der Waals surface area contributed by atoms with E-state index in [1.165, 1.54) is 6.42 Å². The van der Waals surface area contributed by atoms with Gasteiger partial charge in [-0.2, -0.15) is 0 Å². The molecule has 0 spiro atoms. The van der Waals surface area contributed by atoms with Crippen LogP contribution >= 0.6 is 0 Å². The normalized spacial score (nSPS) is 25.6. The fraction of sp³-hybridized carbons (Fsp3) is 0.600. The molecule has 3 atom stereocenters. The lowest BCUT2D eigenvalue weighted by molar-refractivity contribution is 0.611. The van der Waals surface area contributed by atoms with E-state index in [1.807, 2.05) is 19.9 Å². The lowest BCUT2D eigenvalue weighted by atomic mass is 10.0. The van der Waals surface area contributed by atoms with Crippen LogP contribution in [-0.2, 0) is 0 Å². The monoisotopic (exact) mass is 250 g/mol. The van der Waals surface area contributed by atoms with Crippen molar-refractivity contribution in [1.82, 2.24) is 0 Å². The molecular weight excluding hydrogens is 227 g/mol. The number of nitrogens with two attached hydrogens (primary N) is 1. The number of hydrogen-bond donors (Lipinski definition) is 1. The number of anilines is 1. The Morgan fingerprint density at radius 1 is 1.39 bits per heavy atom. The van der Waals surface area contributed by atoms with Crippen molar-refractivity contribution < 1.29 is 4.39 Å². The molecule has 0 aliphatic carbocycles. The van der Waals surface area contributed by atoms with Crippen molar-refractivity contribution >= 4 is 5.69 Å². The van der Waals surface area contributed by atoms with Crippen LogP contribution in [0.15, 0.2) is 12.1 Å². The Hall–Kier alpha value is -1.09. The van der Waals surface area contributed by atoms with E-state index in [4.69, 9.17) is 5.73 Å². The Balaban J connectivity index is 2.46. The molecule has 1 fully saturated rings. The molecular formula is C15H23FN2. The lowest BCUT2D eigenvalue weighted by Crippen LogP contribution is -2.29.